The van der Waals surface area contributed by atoms with Crippen molar-refractivity contribution in [1.29, 1.82) is 0 Å². The molecule has 3 heterocycles. The molecule has 156 valence electrons. The maximum atomic E-state index is 12.7. The van der Waals surface area contributed by atoms with Gasteiger partial charge in [-0.2, -0.15) is 0 Å². The molecule has 0 unspecified atom stereocenters. The van der Waals surface area contributed by atoms with Crippen molar-refractivity contribution in [2.24, 2.45) is 5.92 Å². The van der Waals surface area contributed by atoms with E-state index in [1.54, 1.807) is 44.9 Å². The fourth-order valence-electron chi connectivity index (χ4n) is 4.07. The summed E-state index contributed by atoms with van der Waals surface area (Å²) in [5.41, 5.74) is 3.29. The molecule has 1 aliphatic rings. The van der Waals surface area contributed by atoms with Gasteiger partial charge in [-0.25, -0.2) is 15.0 Å². The number of Topliss-reactive ketones (excluding diaryl/α,β-unsaturated/α-hetero) is 1. The lowest BCUT2D eigenvalue weighted by molar-refractivity contribution is 0.0971. The van der Waals surface area contributed by atoms with Crippen LogP contribution in [0.15, 0.2) is 42.9 Å². The minimum absolute atomic E-state index is 0.147. The number of carbonyl (C=O) groups excluding carboxylic acids is 1. The third-order valence-electron chi connectivity index (χ3n) is 5.79. The van der Waals surface area contributed by atoms with E-state index in [1.807, 2.05) is 12.1 Å². The van der Waals surface area contributed by atoms with E-state index in [9.17, 15) is 4.79 Å². The first-order valence-corrected chi connectivity index (χ1v) is 10.3. The molecule has 7 heteroatoms. The molecule has 0 spiro atoms. The van der Waals surface area contributed by atoms with Gasteiger partial charge in [0.1, 0.15) is 5.52 Å². The molecule has 4 rings (SSSR count). The van der Waals surface area contributed by atoms with Crippen LogP contribution in [0.1, 0.15) is 36.0 Å². The van der Waals surface area contributed by atoms with E-state index < -0.39 is 0 Å². The van der Waals surface area contributed by atoms with Crippen molar-refractivity contribution in [1.82, 2.24) is 15.0 Å². The fourth-order valence-corrected chi connectivity index (χ4v) is 4.07. The SMILES string of the molecule is COc1ccc(C(=O)CCC2CCN(c3ccnc4nccnc34)CC2)cc1OC. The van der Waals surface area contributed by atoms with Crippen molar-refractivity contribution in [3.63, 3.8) is 0 Å². The number of piperidine rings is 1. The summed E-state index contributed by atoms with van der Waals surface area (Å²) in [7, 11) is 3.17. The number of hydrogen-bond acceptors (Lipinski definition) is 7. The normalized spacial score (nSPS) is 14.7. The Kier molecular flexibility index (Phi) is 6.07. The molecular weight excluding hydrogens is 380 g/mol. The highest BCUT2D eigenvalue weighted by molar-refractivity contribution is 5.96. The third kappa shape index (κ3) is 4.20. The van der Waals surface area contributed by atoms with E-state index in [2.05, 4.69) is 19.9 Å². The summed E-state index contributed by atoms with van der Waals surface area (Å²) >= 11 is 0. The Morgan fingerprint density at radius 2 is 1.73 bits per heavy atom. The topological polar surface area (TPSA) is 77.4 Å². The summed E-state index contributed by atoms with van der Waals surface area (Å²) in [6.07, 6.45) is 8.73. The molecule has 7 nitrogen and oxygen atoms in total. The van der Waals surface area contributed by atoms with Crippen LogP contribution in [0.2, 0.25) is 0 Å². The van der Waals surface area contributed by atoms with Crippen molar-refractivity contribution in [2.45, 2.75) is 25.7 Å². The Hall–Kier alpha value is -3.22. The van der Waals surface area contributed by atoms with Gasteiger partial charge < -0.3 is 14.4 Å². The smallest absolute Gasteiger partial charge is 0.180 e. The lowest BCUT2D eigenvalue weighted by Crippen LogP contribution is -2.34. The molecule has 0 atom stereocenters. The maximum Gasteiger partial charge on any atom is 0.180 e. The zero-order valence-corrected chi connectivity index (χ0v) is 17.4. The second-order valence-electron chi connectivity index (χ2n) is 7.52. The number of nitrogens with zero attached hydrogens (tertiary/aromatic N) is 4. The van der Waals surface area contributed by atoms with Crippen molar-refractivity contribution < 1.29 is 14.3 Å². The number of aromatic nitrogens is 3. The van der Waals surface area contributed by atoms with Gasteiger partial charge in [0.15, 0.2) is 22.9 Å². The molecule has 1 aromatic carbocycles. The summed E-state index contributed by atoms with van der Waals surface area (Å²) in [4.78, 5) is 28.1. The summed E-state index contributed by atoms with van der Waals surface area (Å²) in [6, 6.07) is 7.37. The van der Waals surface area contributed by atoms with Gasteiger partial charge in [-0.3, -0.25) is 4.79 Å². The molecule has 1 saturated heterocycles. The van der Waals surface area contributed by atoms with Crippen molar-refractivity contribution in [3.8, 4) is 11.5 Å². The number of anilines is 1. The molecule has 0 aliphatic carbocycles. The van der Waals surface area contributed by atoms with E-state index in [0.717, 1.165) is 43.6 Å². The van der Waals surface area contributed by atoms with Crippen molar-refractivity contribution in [3.05, 3.63) is 48.4 Å². The lowest BCUT2D eigenvalue weighted by Gasteiger charge is -2.33. The summed E-state index contributed by atoms with van der Waals surface area (Å²) in [6.45, 7) is 1.90. The van der Waals surface area contributed by atoms with Crippen LogP contribution in [0.3, 0.4) is 0 Å². The van der Waals surface area contributed by atoms with Gasteiger partial charge in [0.2, 0.25) is 0 Å². The molecule has 2 aromatic heterocycles. The predicted octanol–water partition coefficient (Wildman–Crippen LogP) is 3.92. The molecule has 1 fully saturated rings. The van der Waals surface area contributed by atoms with E-state index in [1.165, 1.54) is 0 Å². The van der Waals surface area contributed by atoms with Crippen LogP contribution >= 0.6 is 0 Å². The molecule has 0 radical (unpaired) electrons. The highest BCUT2D eigenvalue weighted by atomic mass is 16.5. The van der Waals surface area contributed by atoms with Crippen LogP contribution in [-0.2, 0) is 0 Å². The predicted molar refractivity (Wildman–Crippen MR) is 115 cm³/mol. The lowest BCUT2D eigenvalue weighted by atomic mass is 9.90. The first kappa shape index (κ1) is 20.1. The number of carbonyl (C=O) groups is 1. The Labute approximate surface area is 176 Å². The van der Waals surface area contributed by atoms with Gasteiger partial charge in [-0.1, -0.05) is 0 Å². The molecule has 0 bridgehead atoms. The van der Waals surface area contributed by atoms with Gasteiger partial charge >= 0.3 is 0 Å². The summed E-state index contributed by atoms with van der Waals surface area (Å²) < 4.78 is 10.6. The van der Waals surface area contributed by atoms with Crippen LogP contribution in [0.4, 0.5) is 5.69 Å². The average molecular weight is 406 g/mol. The van der Waals surface area contributed by atoms with Gasteiger partial charge in [-0.05, 0) is 49.4 Å². The molecule has 3 aromatic rings. The number of hydrogen-bond donors (Lipinski definition) is 0. The van der Waals surface area contributed by atoms with E-state index in [4.69, 9.17) is 9.47 Å². The van der Waals surface area contributed by atoms with E-state index in [0.29, 0.717) is 35.0 Å². The number of pyridine rings is 1. The maximum absolute atomic E-state index is 12.7. The van der Waals surface area contributed by atoms with Crippen molar-refractivity contribution >= 4 is 22.6 Å². The monoisotopic (exact) mass is 406 g/mol. The largest absolute Gasteiger partial charge is 0.493 e. The number of benzene rings is 1. The first-order valence-electron chi connectivity index (χ1n) is 10.3. The summed E-state index contributed by atoms with van der Waals surface area (Å²) in [5, 5.41) is 0. The highest BCUT2D eigenvalue weighted by Gasteiger charge is 2.22. The van der Waals surface area contributed by atoms with Crippen LogP contribution in [0.5, 0.6) is 11.5 Å². The Bertz CT molecular complexity index is 1030. The number of fused-ring (bicyclic) bond motifs is 1. The van der Waals surface area contributed by atoms with Crippen LogP contribution in [0.25, 0.3) is 11.2 Å². The zero-order valence-electron chi connectivity index (χ0n) is 17.4. The quantitative estimate of drug-likeness (QED) is 0.550. The van der Waals surface area contributed by atoms with Crippen LogP contribution in [-0.4, -0.2) is 48.0 Å². The van der Waals surface area contributed by atoms with E-state index >= 15 is 0 Å². The molecule has 30 heavy (non-hydrogen) atoms. The van der Waals surface area contributed by atoms with Crippen molar-refractivity contribution in [2.75, 3.05) is 32.2 Å². The third-order valence-corrected chi connectivity index (χ3v) is 5.79. The second kappa shape index (κ2) is 9.07. The summed E-state index contributed by atoms with van der Waals surface area (Å²) in [5.74, 6) is 1.91. The first-order chi connectivity index (χ1) is 14.7. The van der Waals surface area contributed by atoms with Gasteiger partial charge in [0.05, 0.1) is 19.9 Å². The minimum atomic E-state index is 0.147. The number of rotatable bonds is 7. The van der Waals surface area contributed by atoms with Gasteiger partial charge in [0, 0.05) is 43.7 Å². The van der Waals surface area contributed by atoms with Crippen LogP contribution in [0, 0.1) is 5.92 Å². The molecule has 1 aliphatic heterocycles. The number of ether oxygens (including phenoxy) is 2. The molecule has 0 amide bonds. The number of ketones is 1. The standard InChI is InChI=1S/C23H26N4O3/c1-29-20-6-4-17(15-21(20)30-2)19(28)5-3-16-8-13-27(14-9-16)18-7-10-25-23-22(18)24-11-12-26-23/h4,6-7,10-12,15-16H,3,5,8-9,13-14H2,1-2H3. The average Bonchev–Trinajstić information content (AvgIpc) is 2.82. The zero-order chi connectivity index (χ0) is 20.9. The fraction of sp³-hybridized carbons (Fsp3) is 0.391. The van der Waals surface area contributed by atoms with Gasteiger partial charge in [-0.15, -0.1) is 0 Å². The Morgan fingerprint density at radius 3 is 2.50 bits per heavy atom. The molecule has 0 N–H and O–H groups in total. The van der Waals surface area contributed by atoms with Crippen LogP contribution < -0.4 is 14.4 Å². The Morgan fingerprint density at radius 1 is 1.00 bits per heavy atom. The van der Waals surface area contributed by atoms with Gasteiger partial charge in [0.25, 0.3) is 0 Å². The molecule has 0 saturated carbocycles. The van der Waals surface area contributed by atoms with E-state index in [-0.39, 0.29) is 5.78 Å². The number of methoxy groups -OCH3 is 2. The minimum Gasteiger partial charge on any atom is -0.493 e. The Balaban J connectivity index is 1.33. The molecular formula is C23H26N4O3. The highest BCUT2D eigenvalue weighted by Crippen LogP contribution is 2.31. The second-order valence-corrected chi connectivity index (χ2v) is 7.52.